The van der Waals surface area contributed by atoms with Gasteiger partial charge in [-0.2, -0.15) is 0 Å². The first-order valence-electron chi connectivity index (χ1n) is 7.89. The number of rotatable bonds is 5. The molecule has 1 aliphatic rings. The molecule has 21 heavy (non-hydrogen) atoms. The zero-order valence-corrected chi connectivity index (χ0v) is 12.8. The third kappa shape index (κ3) is 2.70. The normalized spacial score (nSPS) is 15.3. The Kier molecular flexibility index (Phi) is 4.30. The minimum atomic E-state index is 0.136. The van der Waals surface area contributed by atoms with Crippen LogP contribution in [0.25, 0.3) is 0 Å². The van der Waals surface area contributed by atoms with Crippen LogP contribution in [-0.4, -0.2) is 13.2 Å². The van der Waals surface area contributed by atoms with E-state index in [2.05, 4.69) is 43.4 Å². The SMILES string of the molecule is CCNC(c1ccoc1CC)c1cccc2c1OCCC2. The van der Waals surface area contributed by atoms with Crippen molar-refractivity contribution < 1.29 is 9.15 Å². The molecule has 0 amide bonds. The van der Waals surface area contributed by atoms with Gasteiger partial charge in [0.05, 0.1) is 18.9 Å². The number of hydrogen-bond acceptors (Lipinski definition) is 3. The van der Waals surface area contributed by atoms with Gasteiger partial charge >= 0.3 is 0 Å². The van der Waals surface area contributed by atoms with E-state index >= 15 is 0 Å². The smallest absolute Gasteiger partial charge is 0.127 e. The molecule has 1 atom stereocenters. The molecule has 0 spiro atoms. The lowest BCUT2D eigenvalue weighted by atomic mass is 9.93. The molecule has 0 saturated heterocycles. The quantitative estimate of drug-likeness (QED) is 0.905. The van der Waals surface area contributed by atoms with E-state index < -0.39 is 0 Å². The first-order valence-corrected chi connectivity index (χ1v) is 7.89. The Morgan fingerprint density at radius 3 is 2.90 bits per heavy atom. The van der Waals surface area contributed by atoms with Crippen molar-refractivity contribution in [1.82, 2.24) is 5.32 Å². The fourth-order valence-corrected chi connectivity index (χ4v) is 3.13. The fourth-order valence-electron chi connectivity index (χ4n) is 3.13. The first-order chi connectivity index (χ1) is 10.3. The largest absolute Gasteiger partial charge is 0.493 e. The Hall–Kier alpha value is -1.74. The number of ether oxygens (including phenoxy) is 1. The molecular formula is C18H23NO2. The summed E-state index contributed by atoms with van der Waals surface area (Å²) in [6, 6.07) is 8.70. The van der Waals surface area contributed by atoms with Crippen LogP contribution >= 0.6 is 0 Å². The third-order valence-corrected chi connectivity index (χ3v) is 4.10. The molecule has 1 N–H and O–H groups in total. The maximum atomic E-state index is 5.98. The van der Waals surface area contributed by atoms with Gasteiger partial charge in [0.25, 0.3) is 0 Å². The molecule has 1 aliphatic heterocycles. The summed E-state index contributed by atoms with van der Waals surface area (Å²) in [6.07, 6.45) is 4.90. The highest BCUT2D eigenvalue weighted by Gasteiger charge is 2.24. The van der Waals surface area contributed by atoms with Gasteiger partial charge in [-0.25, -0.2) is 0 Å². The second kappa shape index (κ2) is 6.35. The van der Waals surface area contributed by atoms with Crippen LogP contribution in [0, 0.1) is 0 Å². The third-order valence-electron chi connectivity index (χ3n) is 4.10. The lowest BCUT2D eigenvalue weighted by Crippen LogP contribution is -2.24. The van der Waals surface area contributed by atoms with E-state index in [1.807, 2.05) is 0 Å². The Morgan fingerprint density at radius 1 is 1.19 bits per heavy atom. The first kappa shape index (κ1) is 14.2. The molecule has 0 radical (unpaired) electrons. The average molecular weight is 285 g/mol. The van der Waals surface area contributed by atoms with Gasteiger partial charge in [-0.3, -0.25) is 0 Å². The molecule has 2 aromatic rings. The Balaban J connectivity index is 2.06. The molecule has 3 rings (SSSR count). The minimum absolute atomic E-state index is 0.136. The van der Waals surface area contributed by atoms with Gasteiger partial charge in [0.1, 0.15) is 11.5 Å². The van der Waals surface area contributed by atoms with Crippen LogP contribution in [0.4, 0.5) is 0 Å². The zero-order chi connectivity index (χ0) is 14.7. The summed E-state index contributed by atoms with van der Waals surface area (Å²) in [7, 11) is 0. The van der Waals surface area contributed by atoms with Crippen molar-refractivity contribution in [2.75, 3.05) is 13.2 Å². The summed E-state index contributed by atoms with van der Waals surface area (Å²) < 4.78 is 11.6. The van der Waals surface area contributed by atoms with E-state index in [1.165, 1.54) is 16.7 Å². The summed E-state index contributed by atoms with van der Waals surface area (Å²) >= 11 is 0. The Morgan fingerprint density at radius 2 is 2.10 bits per heavy atom. The van der Waals surface area contributed by atoms with Crippen LogP contribution in [0.15, 0.2) is 34.9 Å². The molecule has 3 heteroatoms. The Labute approximate surface area is 126 Å². The van der Waals surface area contributed by atoms with Crippen molar-refractivity contribution in [2.24, 2.45) is 0 Å². The second-order valence-corrected chi connectivity index (χ2v) is 5.43. The molecule has 0 aliphatic carbocycles. The highest BCUT2D eigenvalue weighted by molar-refractivity contribution is 5.48. The topological polar surface area (TPSA) is 34.4 Å². The van der Waals surface area contributed by atoms with E-state index in [4.69, 9.17) is 9.15 Å². The lowest BCUT2D eigenvalue weighted by molar-refractivity contribution is 0.283. The number of benzene rings is 1. The van der Waals surface area contributed by atoms with E-state index in [1.54, 1.807) is 6.26 Å². The van der Waals surface area contributed by atoms with E-state index in [-0.39, 0.29) is 6.04 Å². The molecule has 3 nitrogen and oxygen atoms in total. The van der Waals surface area contributed by atoms with Gasteiger partial charge in [-0.05, 0) is 31.0 Å². The number of hydrogen-bond donors (Lipinski definition) is 1. The van der Waals surface area contributed by atoms with Crippen molar-refractivity contribution in [1.29, 1.82) is 0 Å². The molecule has 1 unspecified atom stereocenters. The molecule has 1 aromatic heterocycles. The highest BCUT2D eigenvalue weighted by Crippen LogP contribution is 2.37. The number of furan rings is 1. The molecule has 0 saturated carbocycles. The van der Waals surface area contributed by atoms with Crippen LogP contribution in [0.5, 0.6) is 5.75 Å². The standard InChI is InChI=1S/C18H23NO2/c1-3-16-14(10-12-20-16)17(19-4-2)15-9-5-7-13-8-6-11-21-18(13)15/h5,7,9-10,12,17,19H,3-4,6,8,11H2,1-2H3. The molecular weight excluding hydrogens is 262 g/mol. The second-order valence-electron chi connectivity index (χ2n) is 5.43. The maximum Gasteiger partial charge on any atom is 0.127 e. The molecule has 1 aromatic carbocycles. The predicted octanol–water partition coefficient (Wildman–Crippen LogP) is 3.87. The van der Waals surface area contributed by atoms with Gasteiger partial charge in [-0.1, -0.05) is 32.0 Å². The van der Waals surface area contributed by atoms with Crippen LogP contribution in [-0.2, 0) is 12.8 Å². The predicted molar refractivity (Wildman–Crippen MR) is 83.9 cm³/mol. The molecule has 0 bridgehead atoms. The highest BCUT2D eigenvalue weighted by atomic mass is 16.5. The van der Waals surface area contributed by atoms with E-state index in [9.17, 15) is 0 Å². The summed E-state index contributed by atoms with van der Waals surface area (Å²) in [5.74, 6) is 2.12. The summed E-state index contributed by atoms with van der Waals surface area (Å²) in [5, 5.41) is 3.59. The maximum absolute atomic E-state index is 5.98. The van der Waals surface area contributed by atoms with Gasteiger partial charge < -0.3 is 14.5 Å². The van der Waals surface area contributed by atoms with E-state index in [0.29, 0.717) is 0 Å². The zero-order valence-electron chi connectivity index (χ0n) is 12.8. The van der Waals surface area contributed by atoms with Crippen molar-refractivity contribution in [3.63, 3.8) is 0 Å². The van der Waals surface area contributed by atoms with Gasteiger partial charge in [0.15, 0.2) is 0 Å². The van der Waals surface area contributed by atoms with Crippen molar-refractivity contribution in [2.45, 2.75) is 39.2 Å². The monoisotopic (exact) mass is 285 g/mol. The van der Waals surface area contributed by atoms with Crippen molar-refractivity contribution in [3.05, 3.63) is 53.0 Å². The van der Waals surface area contributed by atoms with Gasteiger partial charge in [0, 0.05) is 17.5 Å². The van der Waals surface area contributed by atoms with E-state index in [0.717, 1.165) is 43.9 Å². The number of fused-ring (bicyclic) bond motifs is 1. The molecule has 0 fully saturated rings. The van der Waals surface area contributed by atoms with Gasteiger partial charge in [0.2, 0.25) is 0 Å². The van der Waals surface area contributed by atoms with Crippen molar-refractivity contribution >= 4 is 0 Å². The molecule has 112 valence electrons. The molecule has 2 heterocycles. The van der Waals surface area contributed by atoms with Crippen LogP contribution in [0.3, 0.4) is 0 Å². The average Bonchev–Trinajstić information content (AvgIpc) is 3.00. The summed E-state index contributed by atoms with van der Waals surface area (Å²) in [5.41, 5.74) is 3.77. The lowest BCUT2D eigenvalue weighted by Gasteiger charge is -2.25. The number of nitrogens with one attached hydrogen (secondary N) is 1. The fraction of sp³-hybridized carbons (Fsp3) is 0.444. The Bertz CT molecular complexity index is 603. The van der Waals surface area contributed by atoms with Crippen LogP contribution in [0.1, 0.15) is 48.8 Å². The van der Waals surface area contributed by atoms with Crippen LogP contribution < -0.4 is 10.1 Å². The minimum Gasteiger partial charge on any atom is -0.493 e. The number of para-hydroxylation sites is 1. The van der Waals surface area contributed by atoms with Crippen LogP contribution in [0.2, 0.25) is 0 Å². The van der Waals surface area contributed by atoms with Crippen molar-refractivity contribution in [3.8, 4) is 5.75 Å². The summed E-state index contributed by atoms with van der Waals surface area (Å²) in [6.45, 7) is 5.98. The number of aryl methyl sites for hydroxylation is 2. The van der Waals surface area contributed by atoms with Gasteiger partial charge in [-0.15, -0.1) is 0 Å². The summed E-state index contributed by atoms with van der Waals surface area (Å²) in [4.78, 5) is 0.